The molecule has 1 aliphatic heterocycles. The number of halogens is 1. The maximum Gasteiger partial charge on any atom is 0.318 e. The fraction of sp³-hybridized carbons (Fsp3) is 0.600. The summed E-state index contributed by atoms with van der Waals surface area (Å²) in [6.07, 6.45) is 1.51. The van der Waals surface area contributed by atoms with Gasteiger partial charge in [0, 0.05) is 19.1 Å². The summed E-state index contributed by atoms with van der Waals surface area (Å²) in [6.45, 7) is 3.01. The molecule has 94 valence electrons. The van der Waals surface area contributed by atoms with Gasteiger partial charge in [-0.25, -0.2) is 4.98 Å². The molecule has 1 aliphatic rings. The van der Waals surface area contributed by atoms with Gasteiger partial charge in [-0.1, -0.05) is 11.6 Å². The maximum atomic E-state index is 5.98. The van der Waals surface area contributed by atoms with E-state index in [-0.39, 0.29) is 6.04 Å². The van der Waals surface area contributed by atoms with E-state index in [2.05, 4.69) is 20.6 Å². The topological polar surface area (TPSA) is 68.3 Å². The van der Waals surface area contributed by atoms with Crippen molar-refractivity contribution in [2.24, 2.45) is 0 Å². The van der Waals surface area contributed by atoms with Crippen molar-refractivity contribution in [3.8, 4) is 6.01 Å². The second-order valence-electron chi connectivity index (χ2n) is 3.66. The van der Waals surface area contributed by atoms with Crippen LogP contribution < -0.4 is 15.4 Å². The van der Waals surface area contributed by atoms with E-state index in [0.29, 0.717) is 30.0 Å². The highest BCUT2D eigenvalue weighted by Gasteiger charge is 2.13. The second kappa shape index (κ2) is 6.00. The molecule has 1 atom stereocenters. The van der Waals surface area contributed by atoms with E-state index in [1.165, 1.54) is 13.3 Å². The lowest BCUT2D eigenvalue weighted by molar-refractivity contribution is 0.0806. The Balaban J connectivity index is 1.92. The van der Waals surface area contributed by atoms with Crippen molar-refractivity contribution >= 4 is 17.4 Å². The summed E-state index contributed by atoms with van der Waals surface area (Å²) in [5, 5.41) is 6.96. The molecule has 0 amide bonds. The van der Waals surface area contributed by atoms with E-state index in [1.54, 1.807) is 0 Å². The molecular weight excluding hydrogens is 244 g/mol. The Labute approximate surface area is 105 Å². The normalized spacial score (nSPS) is 20.0. The van der Waals surface area contributed by atoms with Crippen LogP contribution in [0.15, 0.2) is 6.20 Å². The zero-order valence-corrected chi connectivity index (χ0v) is 10.3. The highest BCUT2D eigenvalue weighted by molar-refractivity contribution is 6.32. The predicted octanol–water partition coefficient (Wildman–Crippen LogP) is 0.539. The largest absolute Gasteiger partial charge is 0.467 e. The summed E-state index contributed by atoms with van der Waals surface area (Å²) in [5.41, 5.74) is 0. The molecule has 1 fully saturated rings. The molecule has 0 bridgehead atoms. The van der Waals surface area contributed by atoms with E-state index >= 15 is 0 Å². The number of ether oxygens (including phenoxy) is 2. The van der Waals surface area contributed by atoms with Gasteiger partial charge in [-0.05, 0) is 0 Å². The molecule has 1 unspecified atom stereocenters. The summed E-state index contributed by atoms with van der Waals surface area (Å²) in [4.78, 5) is 8.04. The average molecular weight is 259 g/mol. The zero-order valence-electron chi connectivity index (χ0n) is 9.57. The molecule has 2 heterocycles. The van der Waals surface area contributed by atoms with Crippen molar-refractivity contribution < 1.29 is 9.47 Å². The van der Waals surface area contributed by atoms with Crippen molar-refractivity contribution in [1.82, 2.24) is 15.3 Å². The monoisotopic (exact) mass is 258 g/mol. The van der Waals surface area contributed by atoms with E-state index < -0.39 is 0 Å². The van der Waals surface area contributed by atoms with Crippen LogP contribution in [0.5, 0.6) is 6.01 Å². The van der Waals surface area contributed by atoms with Gasteiger partial charge in [0.2, 0.25) is 0 Å². The van der Waals surface area contributed by atoms with Crippen LogP contribution >= 0.6 is 11.6 Å². The fourth-order valence-corrected chi connectivity index (χ4v) is 1.70. The summed E-state index contributed by atoms with van der Waals surface area (Å²) in [7, 11) is 1.52. The van der Waals surface area contributed by atoms with Gasteiger partial charge in [0.1, 0.15) is 5.02 Å². The number of hydrogen-bond donors (Lipinski definition) is 2. The first kappa shape index (κ1) is 12.3. The van der Waals surface area contributed by atoms with Gasteiger partial charge in [0.05, 0.1) is 26.5 Å². The van der Waals surface area contributed by atoms with Crippen molar-refractivity contribution in [3.63, 3.8) is 0 Å². The number of nitrogens with one attached hydrogen (secondary N) is 2. The van der Waals surface area contributed by atoms with Gasteiger partial charge in [-0.3, -0.25) is 0 Å². The number of methoxy groups -OCH3 is 1. The number of nitrogens with zero attached hydrogens (tertiary/aromatic N) is 2. The van der Waals surface area contributed by atoms with Gasteiger partial charge in [0.25, 0.3) is 0 Å². The van der Waals surface area contributed by atoms with Crippen LogP contribution in [0.1, 0.15) is 0 Å². The van der Waals surface area contributed by atoms with Crippen molar-refractivity contribution in [2.75, 3.05) is 38.7 Å². The molecule has 17 heavy (non-hydrogen) atoms. The molecular formula is C10H15ClN4O2. The highest BCUT2D eigenvalue weighted by atomic mass is 35.5. The standard InChI is InChI=1S/C10H15ClN4O2/c1-16-10-14-5-8(11)9(15-10)13-4-7-6-17-3-2-12-7/h5,7,12H,2-4,6H2,1H3,(H,13,14,15). The van der Waals surface area contributed by atoms with E-state index in [0.717, 1.165) is 13.2 Å². The molecule has 7 heteroatoms. The molecule has 0 spiro atoms. The van der Waals surface area contributed by atoms with Crippen LogP contribution in [0.25, 0.3) is 0 Å². The fourth-order valence-electron chi connectivity index (χ4n) is 1.54. The van der Waals surface area contributed by atoms with Gasteiger partial charge in [0.15, 0.2) is 5.82 Å². The van der Waals surface area contributed by atoms with E-state index in [4.69, 9.17) is 21.1 Å². The van der Waals surface area contributed by atoms with E-state index in [9.17, 15) is 0 Å². The van der Waals surface area contributed by atoms with Crippen LogP contribution in [-0.2, 0) is 4.74 Å². The summed E-state index contributed by atoms with van der Waals surface area (Å²) in [5.74, 6) is 0.575. The SMILES string of the molecule is COc1ncc(Cl)c(NCC2COCCN2)n1. The first-order valence-electron chi connectivity index (χ1n) is 5.41. The Kier molecular flexibility index (Phi) is 4.36. The number of aromatic nitrogens is 2. The lowest BCUT2D eigenvalue weighted by atomic mass is 10.3. The van der Waals surface area contributed by atoms with Crippen LogP contribution in [0.2, 0.25) is 5.02 Å². The molecule has 1 aromatic rings. The van der Waals surface area contributed by atoms with Gasteiger partial charge >= 0.3 is 6.01 Å². The molecule has 6 nitrogen and oxygen atoms in total. The van der Waals surface area contributed by atoms with Crippen molar-refractivity contribution in [1.29, 1.82) is 0 Å². The maximum absolute atomic E-state index is 5.98. The third-order valence-electron chi connectivity index (χ3n) is 2.42. The summed E-state index contributed by atoms with van der Waals surface area (Å²) >= 11 is 5.98. The molecule has 2 N–H and O–H groups in total. The zero-order chi connectivity index (χ0) is 12.1. The smallest absolute Gasteiger partial charge is 0.318 e. The minimum Gasteiger partial charge on any atom is -0.467 e. The third-order valence-corrected chi connectivity index (χ3v) is 2.70. The third kappa shape index (κ3) is 3.42. The Morgan fingerprint density at radius 1 is 1.71 bits per heavy atom. The molecule has 0 saturated carbocycles. The summed E-state index contributed by atoms with van der Waals surface area (Å²) < 4.78 is 10.3. The number of anilines is 1. The predicted molar refractivity (Wildman–Crippen MR) is 64.7 cm³/mol. The van der Waals surface area contributed by atoms with Crippen molar-refractivity contribution in [2.45, 2.75) is 6.04 Å². The van der Waals surface area contributed by atoms with Crippen molar-refractivity contribution in [3.05, 3.63) is 11.2 Å². The highest BCUT2D eigenvalue weighted by Crippen LogP contribution is 2.19. The Morgan fingerprint density at radius 3 is 3.29 bits per heavy atom. The summed E-state index contributed by atoms with van der Waals surface area (Å²) in [6, 6.07) is 0.561. The number of rotatable bonds is 4. The first-order chi connectivity index (χ1) is 8.29. The molecule has 1 aromatic heterocycles. The Hall–Kier alpha value is -1.11. The molecule has 0 aromatic carbocycles. The van der Waals surface area contributed by atoms with Crippen LogP contribution in [0.3, 0.4) is 0 Å². The average Bonchev–Trinajstić information content (AvgIpc) is 2.39. The molecule has 0 aliphatic carbocycles. The molecule has 0 radical (unpaired) electrons. The Bertz CT molecular complexity index is 371. The molecule has 2 rings (SSSR count). The van der Waals surface area contributed by atoms with Crippen LogP contribution in [0.4, 0.5) is 5.82 Å². The quantitative estimate of drug-likeness (QED) is 0.822. The van der Waals surface area contributed by atoms with E-state index in [1.807, 2.05) is 0 Å². The van der Waals surface area contributed by atoms with Gasteiger partial charge in [-0.2, -0.15) is 4.98 Å². The van der Waals surface area contributed by atoms with Crippen LogP contribution in [-0.4, -0.2) is 49.4 Å². The minimum atomic E-state index is 0.265. The lowest BCUT2D eigenvalue weighted by Gasteiger charge is -2.24. The van der Waals surface area contributed by atoms with Gasteiger partial charge in [-0.15, -0.1) is 0 Å². The van der Waals surface area contributed by atoms with Gasteiger partial charge < -0.3 is 20.1 Å². The second-order valence-corrected chi connectivity index (χ2v) is 4.07. The minimum absolute atomic E-state index is 0.265. The number of hydrogen-bond acceptors (Lipinski definition) is 6. The number of morpholine rings is 1. The Morgan fingerprint density at radius 2 is 2.59 bits per heavy atom. The van der Waals surface area contributed by atoms with Crippen LogP contribution in [0, 0.1) is 0 Å². The first-order valence-corrected chi connectivity index (χ1v) is 5.79. The molecule has 1 saturated heterocycles. The lowest BCUT2D eigenvalue weighted by Crippen LogP contribution is -2.45.